The van der Waals surface area contributed by atoms with Gasteiger partial charge >= 0.3 is 0 Å². The Morgan fingerprint density at radius 2 is 1.82 bits per heavy atom. The predicted octanol–water partition coefficient (Wildman–Crippen LogP) is 3.27. The molecule has 0 bridgehead atoms. The Morgan fingerprint density at radius 1 is 1.00 bits per heavy atom. The molecule has 0 aliphatic heterocycles. The molecule has 7 heteroatoms. The van der Waals surface area contributed by atoms with E-state index in [-0.39, 0.29) is 18.4 Å². The zero-order valence-corrected chi connectivity index (χ0v) is 15.4. The summed E-state index contributed by atoms with van der Waals surface area (Å²) in [5.41, 5.74) is 1.90. The Labute approximate surface area is 162 Å². The lowest BCUT2D eigenvalue weighted by molar-refractivity contribution is -0.114. The molecule has 144 valence electrons. The number of rotatable bonds is 8. The lowest BCUT2D eigenvalue weighted by Crippen LogP contribution is -2.23. The van der Waals surface area contributed by atoms with Gasteiger partial charge in [-0.2, -0.15) is 0 Å². The lowest BCUT2D eigenvalue weighted by atomic mass is 10.2. The van der Waals surface area contributed by atoms with Gasteiger partial charge in [-0.15, -0.1) is 0 Å². The van der Waals surface area contributed by atoms with Gasteiger partial charge in [0.15, 0.2) is 0 Å². The van der Waals surface area contributed by atoms with Crippen molar-refractivity contribution in [3.63, 3.8) is 0 Å². The van der Waals surface area contributed by atoms with Crippen molar-refractivity contribution >= 4 is 23.2 Å². The van der Waals surface area contributed by atoms with Crippen LogP contribution in [0.3, 0.4) is 0 Å². The first kappa shape index (κ1) is 19.0. The fraction of sp³-hybridized carbons (Fsp3) is 0.143. The number of nitrogens with one attached hydrogen (secondary N) is 3. The lowest BCUT2D eigenvalue weighted by Gasteiger charge is -2.09. The van der Waals surface area contributed by atoms with Crippen molar-refractivity contribution in [2.75, 3.05) is 24.3 Å². The zero-order chi connectivity index (χ0) is 19.8. The van der Waals surface area contributed by atoms with Gasteiger partial charge in [-0.3, -0.25) is 9.59 Å². The number of methoxy groups -OCH3 is 1. The third-order valence-electron chi connectivity index (χ3n) is 3.96. The maximum absolute atomic E-state index is 12.1. The predicted molar refractivity (Wildman–Crippen MR) is 106 cm³/mol. The van der Waals surface area contributed by atoms with Crippen molar-refractivity contribution in [2.24, 2.45) is 0 Å². The van der Waals surface area contributed by atoms with E-state index in [1.165, 1.54) is 0 Å². The Balaban J connectivity index is 1.47. The normalized spacial score (nSPS) is 10.2. The minimum Gasteiger partial charge on any atom is -0.497 e. The molecule has 3 rings (SSSR count). The van der Waals surface area contributed by atoms with Crippen LogP contribution in [0.4, 0.5) is 11.4 Å². The first-order valence-electron chi connectivity index (χ1n) is 8.72. The molecular formula is C21H21N3O4. The van der Waals surface area contributed by atoms with E-state index in [4.69, 9.17) is 9.15 Å². The van der Waals surface area contributed by atoms with E-state index in [9.17, 15) is 9.59 Å². The standard InChI is InChI=1S/C21H21N3O4/c1-27-18-5-2-4-17(12-18)22-14-20(25)24-16-9-7-15(8-10-16)21(26)23-13-19-6-3-11-28-19/h2-12,22H,13-14H2,1H3,(H,23,26)(H,24,25). The smallest absolute Gasteiger partial charge is 0.251 e. The van der Waals surface area contributed by atoms with Crippen LogP contribution < -0.4 is 20.7 Å². The highest BCUT2D eigenvalue weighted by Gasteiger charge is 2.08. The average molecular weight is 379 g/mol. The SMILES string of the molecule is COc1cccc(NCC(=O)Nc2ccc(C(=O)NCc3ccco3)cc2)c1. The van der Waals surface area contributed by atoms with Gasteiger partial charge < -0.3 is 25.1 Å². The van der Waals surface area contributed by atoms with Crippen molar-refractivity contribution < 1.29 is 18.7 Å². The highest BCUT2D eigenvalue weighted by Crippen LogP contribution is 2.16. The second-order valence-electron chi connectivity index (χ2n) is 5.97. The minimum absolute atomic E-state index is 0.110. The fourth-order valence-electron chi connectivity index (χ4n) is 2.51. The van der Waals surface area contributed by atoms with E-state index in [1.807, 2.05) is 24.3 Å². The number of carbonyl (C=O) groups excluding carboxylic acids is 2. The number of anilines is 2. The number of ether oxygens (including phenoxy) is 1. The molecule has 0 radical (unpaired) electrons. The largest absolute Gasteiger partial charge is 0.497 e. The number of furan rings is 1. The van der Waals surface area contributed by atoms with Crippen LogP contribution in [0.15, 0.2) is 71.3 Å². The zero-order valence-electron chi connectivity index (χ0n) is 15.4. The van der Waals surface area contributed by atoms with Crippen LogP contribution in [0.2, 0.25) is 0 Å². The Kier molecular flexibility index (Phi) is 6.30. The van der Waals surface area contributed by atoms with E-state index < -0.39 is 0 Å². The molecule has 3 N–H and O–H groups in total. The van der Waals surface area contributed by atoms with Crippen molar-refractivity contribution in [3.8, 4) is 5.75 Å². The molecule has 0 atom stereocenters. The number of benzene rings is 2. The molecule has 0 unspecified atom stereocenters. The van der Waals surface area contributed by atoms with Gasteiger partial charge in [0.05, 0.1) is 26.5 Å². The monoisotopic (exact) mass is 379 g/mol. The summed E-state index contributed by atoms with van der Waals surface area (Å²) in [6, 6.07) is 17.6. The fourth-order valence-corrected chi connectivity index (χ4v) is 2.51. The molecule has 1 heterocycles. The molecule has 0 aliphatic rings. The van der Waals surface area contributed by atoms with Crippen LogP contribution in [0.5, 0.6) is 5.75 Å². The summed E-state index contributed by atoms with van der Waals surface area (Å²) in [5, 5.41) is 8.59. The number of amides is 2. The molecule has 0 aliphatic carbocycles. The second-order valence-corrected chi connectivity index (χ2v) is 5.97. The van der Waals surface area contributed by atoms with Crippen molar-refractivity contribution in [2.45, 2.75) is 6.54 Å². The second kappa shape index (κ2) is 9.27. The molecule has 3 aromatic rings. The van der Waals surface area contributed by atoms with Crippen LogP contribution in [-0.2, 0) is 11.3 Å². The molecule has 0 spiro atoms. The number of hydrogen-bond donors (Lipinski definition) is 3. The topological polar surface area (TPSA) is 92.6 Å². The summed E-state index contributed by atoms with van der Waals surface area (Å²) in [5.74, 6) is 0.985. The summed E-state index contributed by atoms with van der Waals surface area (Å²) < 4.78 is 10.3. The molecular weight excluding hydrogens is 358 g/mol. The Morgan fingerprint density at radius 3 is 2.54 bits per heavy atom. The summed E-state index contributed by atoms with van der Waals surface area (Å²) >= 11 is 0. The maximum Gasteiger partial charge on any atom is 0.251 e. The van der Waals surface area contributed by atoms with E-state index >= 15 is 0 Å². The molecule has 2 amide bonds. The molecule has 0 saturated heterocycles. The van der Waals surface area contributed by atoms with Crippen molar-refractivity contribution in [1.82, 2.24) is 5.32 Å². The van der Waals surface area contributed by atoms with E-state index in [0.717, 1.165) is 5.69 Å². The van der Waals surface area contributed by atoms with Gasteiger partial charge in [0, 0.05) is 23.0 Å². The maximum atomic E-state index is 12.1. The quantitative estimate of drug-likeness (QED) is 0.559. The van der Waals surface area contributed by atoms with Gasteiger partial charge in [0.25, 0.3) is 5.91 Å². The minimum atomic E-state index is -0.214. The Bertz CT molecular complexity index is 921. The van der Waals surface area contributed by atoms with Gasteiger partial charge in [-0.05, 0) is 48.5 Å². The van der Waals surface area contributed by atoms with Gasteiger partial charge in [-0.25, -0.2) is 0 Å². The summed E-state index contributed by atoms with van der Waals surface area (Å²) in [6.07, 6.45) is 1.56. The Hall–Kier alpha value is -3.74. The van der Waals surface area contributed by atoms with Crippen LogP contribution in [0.25, 0.3) is 0 Å². The number of hydrogen-bond acceptors (Lipinski definition) is 5. The van der Waals surface area contributed by atoms with Crippen LogP contribution in [0.1, 0.15) is 16.1 Å². The molecule has 0 saturated carbocycles. The van der Waals surface area contributed by atoms with E-state index in [0.29, 0.717) is 29.3 Å². The summed E-state index contributed by atoms with van der Waals surface area (Å²) in [6.45, 7) is 0.429. The van der Waals surface area contributed by atoms with Gasteiger partial charge in [0.1, 0.15) is 11.5 Å². The first-order chi connectivity index (χ1) is 13.6. The molecule has 28 heavy (non-hydrogen) atoms. The van der Waals surface area contributed by atoms with Gasteiger partial charge in [-0.1, -0.05) is 6.07 Å². The molecule has 0 fully saturated rings. The average Bonchev–Trinajstić information content (AvgIpc) is 3.25. The number of carbonyl (C=O) groups is 2. The third kappa shape index (κ3) is 5.38. The van der Waals surface area contributed by atoms with Gasteiger partial charge in [0.2, 0.25) is 5.91 Å². The third-order valence-corrected chi connectivity index (χ3v) is 3.96. The van der Waals surface area contributed by atoms with Crippen molar-refractivity contribution in [1.29, 1.82) is 0 Å². The molecule has 2 aromatic carbocycles. The highest BCUT2D eigenvalue weighted by molar-refractivity contribution is 5.96. The molecule has 7 nitrogen and oxygen atoms in total. The van der Waals surface area contributed by atoms with Crippen LogP contribution in [-0.4, -0.2) is 25.5 Å². The summed E-state index contributed by atoms with van der Waals surface area (Å²) in [7, 11) is 1.59. The van der Waals surface area contributed by atoms with E-state index in [2.05, 4.69) is 16.0 Å². The molecule has 1 aromatic heterocycles. The summed E-state index contributed by atoms with van der Waals surface area (Å²) in [4.78, 5) is 24.2. The van der Waals surface area contributed by atoms with Crippen LogP contribution >= 0.6 is 0 Å². The highest BCUT2D eigenvalue weighted by atomic mass is 16.5. The van der Waals surface area contributed by atoms with E-state index in [1.54, 1.807) is 49.8 Å². The van der Waals surface area contributed by atoms with Crippen molar-refractivity contribution in [3.05, 3.63) is 78.3 Å². The first-order valence-corrected chi connectivity index (χ1v) is 8.72. The van der Waals surface area contributed by atoms with Crippen LogP contribution in [0, 0.1) is 0 Å².